The van der Waals surface area contributed by atoms with Crippen LogP contribution in [0, 0.1) is 0 Å². The van der Waals surface area contributed by atoms with Gasteiger partial charge in [0.2, 0.25) is 0 Å². The van der Waals surface area contributed by atoms with Crippen molar-refractivity contribution >= 4 is 50.0 Å². The Morgan fingerprint density at radius 1 is 1.07 bits per heavy atom. The Hall–Kier alpha value is -3.36. The zero-order valence-electron chi connectivity index (χ0n) is 16.3. The molecule has 2 aromatic heterocycles. The highest BCUT2D eigenvalue weighted by Gasteiger charge is 2.14. The quantitative estimate of drug-likeness (QED) is 0.319. The van der Waals surface area contributed by atoms with Crippen LogP contribution in [-0.2, 0) is 16.0 Å². The molecule has 2 atom stereocenters. The van der Waals surface area contributed by atoms with E-state index in [1.54, 1.807) is 18.3 Å². The van der Waals surface area contributed by atoms with Gasteiger partial charge in [-0.3, -0.25) is 9.59 Å². The first-order chi connectivity index (χ1) is 14.4. The van der Waals surface area contributed by atoms with Crippen molar-refractivity contribution in [1.82, 2.24) is 4.98 Å². The number of aromatic nitrogens is 1. The van der Waals surface area contributed by atoms with Gasteiger partial charge in [-0.25, -0.2) is 0 Å². The van der Waals surface area contributed by atoms with Crippen LogP contribution < -0.4 is 11.1 Å². The van der Waals surface area contributed by atoms with Crippen LogP contribution in [0.4, 0.5) is 5.69 Å². The van der Waals surface area contributed by atoms with Crippen LogP contribution in [0.3, 0.4) is 0 Å². The van der Waals surface area contributed by atoms with E-state index >= 15 is 0 Å². The fourth-order valence-corrected chi connectivity index (χ4v) is 3.91. The summed E-state index contributed by atoms with van der Waals surface area (Å²) in [6.07, 6.45) is 2.16. The highest BCUT2D eigenvalue weighted by molar-refractivity contribution is 7.17. The number of H-pyrrole nitrogens is 1. The molecule has 0 fully saturated rings. The third-order valence-electron chi connectivity index (χ3n) is 4.66. The second-order valence-corrected chi connectivity index (χ2v) is 7.77. The zero-order valence-corrected chi connectivity index (χ0v) is 17.1. The summed E-state index contributed by atoms with van der Waals surface area (Å²) in [6, 6.07) is 14.3. The molecule has 4 rings (SSSR count). The molecular formula is C22H23N3O4S. The molecule has 0 aliphatic heterocycles. The Kier molecular flexibility index (Phi) is 6.71. The number of hydrogen-bond donors (Lipinski definition) is 5. The smallest absolute Gasteiger partial charge is 0.325 e. The number of aromatic amines is 1. The van der Waals surface area contributed by atoms with Crippen LogP contribution in [0.15, 0.2) is 60.1 Å². The van der Waals surface area contributed by atoms with Gasteiger partial charge in [-0.15, -0.1) is 11.3 Å². The molecule has 156 valence electrons. The number of nitrogens with one attached hydrogen (secondary N) is 2. The van der Waals surface area contributed by atoms with Gasteiger partial charge >= 0.3 is 11.9 Å². The number of thiophene rings is 1. The number of hydrogen-bond acceptors (Lipinski definition) is 5. The van der Waals surface area contributed by atoms with Crippen LogP contribution in [0.1, 0.15) is 12.5 Å². The molecule has 0 radical (unpaired) electrons. The van der Waals surface area contributed by atoms with E-state index in [0.29, 0.717) is 6.42 Å². The number of fused-ring (bicyclic) bond motifs is 2. The van der Waals surface area contributed by atoms with Crippen molar-refractivity contribution in [3.63, 3.8) is 0 Å². The van der Waals surface area contributed by atoms with E-state index in [9.17, 15) is 9.59 Å². The summed E-state index contributed by atoms with van der Waals surface area (Å²) in [5.41, 5.74) is 8.33. The number of para-hydroxylation sites is 1. The monoisotopic (exact) mass is 425 g/mol. The molecule has 30 heavy (non-hydrogen) atoms. The molecule has 2 aromatic carbocycles. The lowest BCUT2D eigenvalue weighted by molar-refractivity contribution is -0.139. The number of benzene rings is 2. The van der Waals surface area contributed by atoms with Crippen molar-refractivity contribution in [2.45, 2.75) is 25.4 Å². The van der Waals surface area contributed by atoms with Gasteiger partial charge in [0.15, 0.2) is 0 Å². The van der Waals surface area contributed by atoms with Crippen molar-refractivity contribution in [3.8, 4) is 0 Å². The van der Waals surface area contributed by atoms with Gasteiger partial charge in [0, 0.05) is 39.0 Å². The summed E-state index contributed by atoms with van der Waals surface area (Å²) in [6.45, 7) is 1.63. The number of carbonyl (C=O) groups is 2. The number of anilines is 1. The fraction of sp³-hybridized carbons (Fsp3) is 0.182. The Morgan fingerprint density at radius 3 is 2.43 bits per heavy atom. The molecule has 0 amide bonds. The molecule has 0 unspecified atom stereocenters. The van der Waals surface area contributed by atoms with Gasteiger partial charge in [-0.2, -0.15) is 0 Å². The molecule has 0 saturated carbocycles. The van der Waals surface area contributed by atoms with Crippen LogP contribution in [0.25, 0.3) is 21.0 Å². The summed E-state index contributed by atoms with van der Waals surface area (Å²) in [5, 5.41) is 24.6. The van der Waals surface area contributed by atoms with Gasteiger partial charge in [-0.05, 0) is 24.6 Å². The molecule has 6 N–H and O–H groups in total. The van der Waals surface area contributed by atoms with E-state index in [-0.39, 0.29) is 0 Å². The standard InChI is InChI=1S/C11H12N2O2.C11H11NO2S/c12-9(11(14)15)5-7-6-13-10-4-2-1-3-8(7)10;1-7(11(13)14)12-9-6-15-10-5-3-2-4-8(9)10/h1-4,6,9,13H,5,12H2,(H,14,15);2-7,12H,1H3,(H,13,14)/t9-;7-/m01/s1. The first kappa shape index (κ1) is 21.4. The fourth-order valence-electron chi connectivity index (χ4n) is 3.01. The van der Waals surface area contributed by atoms with Crippen LogP contribution in [0.5, 0.6) is 0 Å². The van der Waals surface area contributed by atoms with E-state index in [4.69, 9.17) is 15.9 Å². The summed E-state index contributed by atoms with van der Waals surface area (Å²) in [5.74, 6) is -1.81. The molecule has 8 heteroatoms. The molecule has 0 aliphatic rings. The van der Waals surface area contributed by atoms with Gasteiger partial charge in [0.25, 0.3) is 0 Å². The maximum Gasteiger partial charge on any atom is 0.325 e. The number of rotatable bonds is 6. The second kappa shape index (κ2) is 9.43. The van der Waals surface area contributed by atoms with E-state index < -0.39 is 24.0 Å². The highest BCUT2D eigenvalue weighted by Crippen LogP contribution is 2.30. The third kappa shape index (κ3) is 4.97. The number of carboxylic acids is 2. The van der Waals surface area contributed by atoms with Crippen molar-refractivity contribution in [2.24, 2.45) is 5.73 Å². The molecule has 0 bridgehead atoms. The summed E-state index contributed by atoms with van der Waals surface area (Å²) in [4.78, 5) is 24.4. The predicted octanol–water partition coefficient (Wildman–Crippen LogP) is 3.91. The Balaban J connectivity index is 0.000000171. The summed E-state index contributed by atoms with van der Waals surface area (Å²) in [7, 11) is 0. The van der Waals surface area contributed by atoms with Crippen molar-refractivity contribution in [2.75, 3.05) is 5.32 Å². The first-order valence-corrected chi connectivity index (χ1v) is 10.2. The Labute approximate surface area is 177 Å². The van der Waals surface area contributed by atoms with Crippen molar-refractivity contribution in [3.05, 3.63) is 65.7 Å². The normalized spacial score (nSPS) is 12.7. The topological polar surface area (TPSA) is 128 Å². The lowest BCUT2D eigenvalue weighted by Gasteiger charge is -2.09. The molecule has 7 nitrogen and oxygen atoms in total. The molecule has 0 saturated heterocycles. The minimum atomic E-state index is -0.972. The van der Waals surface area contributed by atoms with E-state index in [1.165, 1.54) is 0 Å². The second-order valence-electron chi connectivity index (χ2n) is 6.86. The number of carboxylic acid groups (broad SMARTS) is 2. The molecule has 0 spiro atoms. The van der Waals surface area contributed by atoms with E-state index in [2.05, 4.69) is 10.3 Å². The van der Waals surface area contributed by atoms with Gasteiger partial charge in [-0.1, -0.05) is 36.4 Å². The van der Waals surface area contributed by atoms with E-state index in [0.717, 1.165) is 32.2 Å². The molecular weight excluding hydrogens is 402 g/mol. The molecule has 2 heterocycles. The largest absolute Gasteiger partial charge is 0.480 e. The van der Waals surface area contributed by atoms with E-state index in [1.807, 2.05) is 60.1 Å². The highest BCUT2D eigenvalue weighted by atomic mass is 32.1. The number of nitrogens with two attached hydrogens (primary N) is 1. The van der Waals surface area contributed by atoms with Gasteiger partial charge < -0.3 is 26.2 Å². The summed E-state index contributed by atoms with van der Waals surface area (Å²) >= 11 is 1.61. The molecule has 0 aliphatic carbocycles. The van der Waals surface area contributed by atoms with Gasteiger partial charge in [0.05, 0.1) is 5.69 Å². The van der Waals surface area contributed by atoms with Gasteiger partial charge in [0.1, 0.15) is 12.1 Å². The summed E-state index contributed by atoms with van der Waals surface area (Å²) < 4.78 is 1.16. The average molecular weight is 426 g/mol. The minimum absolute atomic E-state index is 0.347. The Morgan fingerprint density at radius 2 is 1.73 bits per heavy atom. The zero-order chi connectivity index (χ0) is 21.7. The third-order valence-corrected chi connectivity index (χ3v) is 5.62. The van der Waals surface area contributed by atoms with Crippen LogP contribution >= 0.6 is 11.3 Å². The SMILES string of the molecule is C[C@@H](Nc1csc2ccccc12)C(=O)O.N[C@@H](Cc1c[nH]c2ccccc12)C(=O)O. The first-order valence-electron chi connectivity index (χ1n) is 9.35. The minimum Gasteiger partial charge on any atom is -0.480 e. The van der Waals surface area contributed by atoms with Crippen molar-refractivity contribution in [1.29, 1.82) is 0 Å². The molecule has 4 aromatic rings. The predicted molar refractivity (Wildman–Crippen MR) is 120 cm³/mol. The number of aliphatic carboxylic acids is 2. The Bertz CT molecular complexity index is 1080. The van der Waals surface area contributed by atoms with Crippen LogP contribution in [-0.4, -0.2) is 39.2 Å². The lowest BCUT2D eigenvalue weighted by atomic mass is 10.1. The maximum absolute atomic E-state index is 10.7. The maximum atomic E-state index is 10.7. The van der Waals surface area contributed by atoms with Crippen molar-refractivity contribution < 1.29 is 19.8 Å². The average Bonchev–Trinajstić information content (AvgIpc) is 3.33. The lowest BCUT2D eigenvalue weighted by Crippen LogP contribution is -2.32. The van der Waals surface area contributed by atoms with Crippen LogP contribution in [0.2, 0.25) is 0 Å².